The predicted molar refractivity (Wildman–Crippen MR) is 104 cm³/mol. The van der Waals surface area contributed by atoms with Crippen LogP contribution in [0, 0.1) is 0 Å². The molecule has 26 heavy (non-hydrogen) atoms. The zero-order valence-electron chi connectivity index (χ0n) is 15.2. The fourth-order valence-corrected chi connectivity index (χ4v) is 2.49. The summed E-state index contributed by atoms with van der Waals surface area (Å²) in [6.07, 6.45) is 0. The standard InChI is InChI=1S/C20H25N3O3/c1-3-23(18-7-5-4-6-8-18)19(24)15-22-17-11-9-16(10-12-17)20(25)21-13-14-26-2/h4-12,22H,3,13-15H2,1-2H3,(H,21,25). The third-order valence-corrected chi connectivity index (χ3v) is 3.87. The zero-order valence-corrected chi connectivity index (χ0v) is 15.2. The molecule has 0 fully saturated rings. The topological polar surface area (TPSA) is 70.7 Å². The highest BCUT2D eigenvalue weighted by atomic mass is 16.5. The number of hydrogen-bond acceptors (Lipinski definition) is 4. The summed E-state index contributed by atoms with van der Waals surface area (Å²) in [5.74, 6) is -0.161. The van der Waals surface area contributed by atoms with Crippen molar-refractivity contribution in [3.8, 4) is 0 Å². The number of para-hydroxylation sites is 1. The molecular formula is C20H25N3O3. The molecule has 2 amide bonds. The maximum absolute atomic E-state index is 12.5. The lowest BCUT2D eigenvalue weighted by Gasteiger charge is -2.21. The highest BCUT2D eigenvalue weighted by molar-refractivity contribution is 5.96. The number of likely N-dealkylation sites (N-methyl/N-ethyl adjacent to an activating group) is 1. The fourth-order valence-electron chi connectivity index (χ4n) is 2.49. The van der Waals surface area contributed by atoms with Gasteiger partial charge in [-0.25, -0.2) is 0 Å². The van der Waals surface area contributed by atoms with Crippen molar-refractivity contribution in [2.45, 2.75) is 6.92 Å². The summed E-state index contributed by atoms with van der Waals surface area (Å²) in [6.45, 7) is 3.67. The summed E-state index contributed by atoms with van der Waals surface area (Å²) < 4.78 is 4.90. The summed E-state index contributed by atoms with van der Waals surface area (Å²) in [5.41, 5.74) is 2.23. The molecule has 0 atom stereocenters. The van der Waals surface area contributed by atoms with Crippen molar-refractivity contribution >= 4 is 23.2 Å². The van der Waals surface area contributed by atoms with Gasteiger partial charge in [0.2, 0.25) is 5.91 Å². The van der Waals surface area contributed by atoms with Crippen molar-refractivity contribution < 1.29 is 14.3 Å². The molecule has 2 aromatic rings. The minimum atomic E-state index is -0.147. The Balaban J connectivity index is 1.88. The number of ether oxygens (including phenoxy) is 1. The van der Waals surface area contributed by atoms with Crippen LogP contribution in [0.5, 0.6) is 0 Å². The van der Waals surface area contributed by atoms with E-state index in [1.807, 2.05) is 37.3 Å². The van der Waals surface area contributed by atoms with Crippen LogP contribution in [0.3, 0.4) is 0 Å². The van der Waals surface area contributed by atoms with Gasteiger partial charge in [0.1, 0.15) is 0 Å². The van der Waals surface area contributed by atoms with Crippen LogP contribution < -0.4 is 15.5 Å². The average Bonchev–Trinajstić information content (AvgIpc) is 2.68. The lowest BCUT2D eigenvalue weighted by Crippen LogP contribution is -2.35. The van der Waals surface area contributed by atoms with E-state index in [0.29, 0.717) is 25.3 Å². The van der Waals surface area contributed by atoms with Gasteiger partial charge >= 0.3 is 0 Å². The van der Waals surface area contributed by atoms with Gasteiger partial charge in [0.05, 0.1) is 13.2 Å². The second kappa shape index (κ2) is 10.2. The van der Waals surface area contributed by atoms with Crippen molar-refractivity contribution in [3.63, 3.8) is 0 Å². The number of carbonyl (C=O) groups is 2. The van der Waals surface area contributed by atoms with Gasteiger partial charge in [-0.15, -0.1) is 0 Å². The summed E-state index contributed by atoms with van der Waals surface area (Å²) >= 11 is 0. The van der Waals surface area contributed by atoms with Crippen LogP contribution in [-0.4, -0.2) is 45.2 Å². The van der Waals surface area contributed by atoms with Crippen LogP contribution in [0.1, 0.15) is 17.3 Å². The molecule has 0 saturated carbocycles. The van der Waals surface area contributed by atoms with Crippen LogP contribution in [-0.2, 0) is 9.53 Å². The largest absolute Gasteiger partial charge is 0.383 e. The van der Waals surface area contributed by atoms with Crippen LogP contribution >= 0.6 is 0 Å². The molecule has 2 N–H and O–H groups in total. The molecule has 0 saturated heterocycles. The molecule has 6 heteroatoms. The number of hydrogen-bond donors (Lipinski definition) is 2. The molecule has 0 aliphatic rings. The summed E-state index contributed by atoms with van der Waals surface area (Å²) in [7, 11) is 1.59. The van der Waals surface area contributed by atoms with Crippen molar-refractivity contribution in [1.29, 1.82) is 0 Å². The molecule has 0 aromatic heterocycles. The first-order valence-electron chi connectivity index (χ1n) is 8.62. The first-order valence-corrected chi connectivity index (χ1v) is 8.62. The van der Waals surface area contributed by atoms with Gasteiger partial charge in [-0.3, -0.25) is 9.59 Å². The summed E-state index contributed by atoms with van der Waals surface area (Å²) in [6, 6.07) is 16.6. The third kappa shape index (κ3) is 5.60. The second-order valence-corrected chi connectivity index (χ2v) is 5.65. The van der Waals surface area contributed by atoms with Gasteiger partial charge in [-0.05, 0) is 43.3 Å². The first-order chi connectivity index (χ1) is 12.7. The number of anilines is 2. The zero-order chi connectivity index (χ0) is 18.8. The SMILES string of the molecule is CCN(C(=O)CNc1ccc(C(=O)NCCOC)cc1)c1ccccc1. The predicted octanol–water partition coefficient (Wildman–Crippen LogP) is 2.53. The van der Waals surface area contributed by atoms with Crippen molar-refractivity contribution in [2.24, 2.45) is 0 Å². The van der Waals surface area contributed by atoms with E-state index in [9.17, 15) is 9.59 Å². The Labute approximate surface area is 154 Å². The lowest BCUT2D eigenvalue weighted by atomic mass is 10.2. The van der Waals surface area contributed by atoms with E-state index in [4.69, 9.17) is 4.74 Å². The summed E-state index contributed by atoms with van der Waals surface area (Å²) in [5, 5.41) is 5.87. The Morgan fingerprint density at radius 1 is 1.04 bits per heavy atom. The molecule has 138 valence electrons. The number of methoxy groups -OCH3 is 1. The van der Waals surface area contributed by atoms with Gasteiger partial charge in [0, 0.05) is 37.1 Å². The Morgan fingerprint density at radius 3 is 2.35 bits per heavy atom. The molecule has 6 nitrogen and oxygen atoms in total. The highest BCUT2D eigenvalue weighted by Gasteiger charge is 2.13. The molecule has 0 spiro atoms. The van der Waals surface area contributed by atoms with Crippen LogP contribution in [0.2, 0.25) is 0 Å². The van der Waals surface area contributed by atoms with Crippen molar-refractivity contribution in [2.75, 3.05) is 43.6 Å². The molecule has 0 aliphatic heterocycles. The van der Waals surface area contributed by atoms with Gasteiger partial charge in [0.15, 0.2) is 0 Å². The van der Waals surface area contributed by atoms with E-state index in [0.717, 1.165) is 11.4 Å². The van der Waals surface area contributed by atoms with E-state index in [2.05, 4.69) is 10.6 Å². The summed E-state index contributed by atoms with van der Waals surface area (Å²) in [4.78, 5) is 26.1. The molecule has 0 heterocycles. The monoisotopic (exact) mass is 355 g/mol. The number of nitrogens with one attached hydrogen (secondary N) is 2. The first kappa shape index (κ1) is 19.5. The van der Waals surface area contributed by atoms with Gasteiger partial charge in [-0.2, -0.15) is 0 Å². The quantitative estimate of drug-likeness (QED) is 0.678. The molecular weight excluding hydrogens is 330 g/mol. The lowest BCUT2D eigenvalue weighted by molar-refractivity contribution is -0.116. The molecule has 0 unspecified atom stereocenters. The third-order valence-electron chi connectivity index (χ3n) is 3.87. The minimum absolute atomic E-state index is 0.0138. The number of nitrogens with zero attached hydrogens (tertiary/aromatic N) is 1. The Hall–Kier alpha value is -2.86. The van der Waals surface area contributed by atoms with Crippen LogP contribution in [0.15, 0.2) is 54.6 Å². The molecule has 0 aliphatic carbocycles. The van der Waals surface area contributed by atoms with E-state index >= 15 is 0 Å². The number of amides is 2. The Morgan fingerprint density at radius 2 is 1.73 bits per heavy atom. The van der Waals surface area contributed by atoms with Gasteiger partial charge in [-0.1, -0.05) is 18.2 Å². The van der Waals surface area contributed by atoms with Gasteiger partial charge < -0.3 is 20.3 Å². The van der Waals surface area contributed by atoms with E-state index in [1.165, 1.54) is 0 Å². The number of rotatable bonds is 9. The molecule has 2 rings (SSSR count). The van der Waals surface area contributed by atoms with Crippen molar-refractivity contribution in [1.82, 2.24) is 5.32 Å². The van der Waals surface area contributed by atoms with Gasteiger partial charge in [0.25, 0.3) is 5.91 Å². The molecule has 2 aromatic carbocycles. The van der Waals surface area contributed by atoms with Crippen LogP contribution in [0.25, 0.3) is 0 Å². The normalized spacial score (nSPS) is 10.2. The second-order valence-electron chi connectivity index (χ2n) is 5.65. The average molecular weight is 355 g/mol. The van der Waals surface area contributed by atoms with E-state index < -0.39 is 0 Å². The van der Waals surface area contributed by atoms with E-state index in [-0.39, 0.29) is 18.4 Å². The minimum Gasteiger partial charge on any atom is -0.383 e. The number of benzene rings is 2. The number of carbonyl (C=O) groups excluding carboxylic acids is 2. The molecule has 0 bridgehead atoms. The van der Waals surface area contributed by atoms with E-state index in [1.54, 1.807) is 36.3 Å². The maximum atomic E-state index is 12.5. The smallest absolute Gasteiger partial charge is 0.251 e. The van der Waals surface area contributed by atoms with Crippen molar-refractivity contribution in [3.05, 3.63) is 60.2 Å². The Kier molecular flexibility index (Phi) is 7.64. The highest BCUT2D eigenvalue weighted by Crippen LogP contribution is 2.14. The fraction of sp³-hybridized carbons (Fsp3) is 0.300. The van der Waals surface area contributed by atoms with Crippen LogP contribution in [0.4, 0.5) is 11.4 Å². The Bertz CT molecular complexity index is 702. The molecule has 0 radical (unpaired) electrons. The maximum Gasteiger partial charge on any atom is 0.251 e.